The van der Waals surface area contributed by atoms with Crippen LogP contribution < -0.4 is 5.32 Å². The SMILES string of the molecule is OC1CC(c2ccccc2F)N2N=C(Br)NC12. The molecule has 0 amide bonds. The van der Waals surface area contributed by atoms with Gasteiger partial charge in [-0.05, 0) is 22.0 Å². The first-order chi connectivity index (χ1) is 8.16. The van der Waals surface area contributed by atoms with Crippen LogP contribution in [0.3, 0.4) is 0 Å². The topological polar surface area (TPSA) is 47.9 Å². The number of halogens is 2. The predicted octanol–water partition coefficient (Wildman–Crippen LogP) is 1.53. The summed E-state index contributed by atoms with van der Waals surface area (Å²) in [6.45, 7) is 0. The van der Waals surface area contributed by atoms with Gasteiger partial charge in [-0.15, -0.1) is 5.10 Å². The van der Waals surface area contributed by atoms with E-state index in [4.69, 9.17) is 0 Å². The maximum atomic E-state index is 13.7. The van der Waals surface area contributed by atoms with Crippen LogP contribution in [0.5, 0.6) is 0 Å². The molecule has 2 heterocycles. The van der Waals surface area contributed by atoms with Crippen molar-refractivity contribution in [3.63, 3.8) is 0 Å². The van der Waals surface area contributed by atoms with Gasteiger partial charge in [0.25, 0.3) is 0 Å². The third-order valence-corrected chi connectivity index (χ3v) is 3.56. The second kappa shape index (κ2) is 3.96. The van der Waals surface area contributed by atoms with Gasteiger partial charge >= 0.3 is 0 Å². The molecule has 2 aliphatic heterocycles. The van der Waals surface area contributed by atoms with E-state index in [9.17, 15) is 9.50 Å². The Bertz CT molecular complexity index is 482. The van der Waals surface area contributed by atoms with E-state index in [-0.39, 0.29) is 18.0 Å². The Hall–Kier alpha value is -1.14. The third kappa shape index (κ3) is 1.71. The zero-order valence-corrected chi connectivity index (χ0v) is 10.4. The lowest BCUT2D eigenvalue weighted by atomic mass is 10.0. The van der Waals surface area contributed by atoms with Crippen LogP contribution in [0.2, 0.25) is 0 Å². The molecule has 1 saturated heterocycles. The van der Waals surface area contributed by atoms with E-state index in [0.717, 1.165) is 0 Å². The van der Waals surface area contributed by atoms with Gasteiger partial charge in [-0.1, -0.05) is 18.2 Å². The summed E-state index contributed by atoms with van der Waals surface area (Å²) in [6.07, 6.45) is -0.352. The van der Waals surface area contributed by atoms with Crippen LogP contribution in [0.1, 0.15) is 18.0 Å². The highest BCUT2D eigenvalue weighted by atomic mass is 79.9. The molecule has 3 unspecified atom stereocenters. The van der Waals surface area contributed by atoms with Crippen molar-refractivity contribution in [3.05, 3.63) is 35.6 Å². The first kappa shape index (κ1) is 11.0. The molecule has 3 rings (SSSR count). The van der Waals surface area contributed by atoms with Crippen molar-refractivity contribution in [2.45, 2.75) is 24.7 Å². The molecule has 0 spiro atoms. The number of aliphatic hydroxyl groups excluding tert-OH is 1. The Kier molecular flexibility index (Phi) is 2.56. The van der Waals surface area contributed by atoms with Crippen LogP contribution in [-0.4, -0.2) is 27.1 Å². The molecule has 2 N–H and O–H groups in total. The standard InChI is InChI=1S/C11H11BrFN3O/c12-11-14-10-9(17)5-8(16(10)15-11)6-3-1-2-4-7(6)13/h1-4,8-10,17H,5H2,(H,14,15). The molecule has 0 saturated carbocycles. The van der Waals surface area contributed by atoms with Crippen LogP contribution >= 0.6 is 15.9 Å². The largest absolute Gasteiger partial charge is 0.389 e. The maximum Gasteiger partial charge on any atom is 0.191 e. The molecule has 1 fully saturated rings. The number of hydrogen-bond donors (Lipinski definition) is 2. The van der Waals surface area contributed by atoms with Crippen molar-refractivity contribution in [1.29, 1.82) is 0 Å². The van der Waals surface area contributed by atoms with Gasteiger partial charge in [0, 0.05) is 12.0 Å². The molecular weight excluding hydrogens is 289 g/mol. The molecule has 0 aromatic heterocycles. The molecule has 0 aliphatic carbocycles. The minimum absolute atomic E-state index is 0.223. The predicted molar refractivity (Wildman–Crippen MR) is 64.9 cm³/mol. The summed E-state index contributed by atoms with van der Waals surface area (Å²) in [5.74, 6) is -0.261. The molecule has 6 heteroatoms. The Morgan fingerprint density at radius 3 is 3.00 bits per heavy atom. The lowest BCUT2D eigenvalue weighted by Gasteiger charge is -2.22. The van der Waals surface area contributed by atoms with Gasteiger partial charge in [-0.3, -0.25) is 5.01 Å². The number of amidine groups is 1. The number of aliphatic hydroxyl groups is 1. The van der Waals surface area contributed by atoms with Gasteiger partial charge in [0.15, 0.2) is 4.74 Å². The zero-order chi connectivity index (χ0) is 12.0. The quantitative estimate of drug-likeness (QED) is 0.773. The first-order valence-corrected chi connectivity index (χ1v) is 6.17. The van der Waals surface area contributed by atoms with E-state index >= 15 is 0 Å². The number of fused-ring (bicyclic) bond motifs is 1. The van der Waals surface area contributed by atoms with Crippen molar-refractivity contribution < 1.29 is 9.50 Å². The molecule has 0 bridgehead atoms. The highest BCUT2D eigenvalue weighted by Gasteiger charge is 2.44. The minimum atomic E-state index is -0.557. The lowest BCUT2D eigenvalue weighted by molar-refractivity contribution is 0.115. The fourth-order valence-electron chi connectivity index (χ4n) is 2.40. The average Bonchev–Trinajstić information content (AvgIpc) is 2.80. The van der Waals surface area contributed by atoms with E-state index in [1.54, 1.807) is 23.2 Å². The van der Waals surface area contributed by atoms with E-state index in [2.05, 4.69) is 26.3 Å². The van der Waals surface area contributed by atoms with Crippen molar-refractivity contribution in [2.24, 2.45) is 5.10 Å². The fraction of sp³-hybridized carbons (Fsp3) is 0.364. The van der Waals surface area contributed by atoms with Crippen LogP contribution in [0, 0.1) is 5.82 Å². The smallest absolute Gasteiger partial charge is 0.191 e. The molecule has 4 nitrogen and oxygen atoms in total. The first-order valence-electron chi connectivity index (χ1n) is 5.38. The molecule has 2 aliphatic rings. The van der Waals surface area contributed by atoms with E-state index in [1.165, 1.54) is 6.07 Å². The second-order valence-electron chi connectivity index (χ2n) is 4.20. The van der Waals surface area contributed by atoms with Crippen molar-refractivity contribution >= 4 is 20.7 Å². The molecule has 1 aromatic carbocycles. The fourth-order valence-corrected chi connectivity index (χ4v) is 2.81. The summed E-state index contributed by atoms with van der Waals surface area (Å²) in [6, 6.07) is 6.39. The normalized spacial score (nSPS) is 31.1. The number of nitrogens with one attached hydrogen (secondary N) is 1. The van der Waals surface area contributed by atoms with Gasteiger partial charge in [0.1, 0.15) is 12.0 Å². The van der Waals surface area contributed by atoms with Gasteiger partial charge in [0.05, 0.1) is 12.1 Å². The Morgan fingerprint density at radius 1 is 1.47 bits per heavy atom. The molecule has 0 radical (unpaired) electrons. The Balaban J connectivity index is 1.97. The van der Waals surface area contributed by atoms with Gasteiger partial charge < -0.3 is 10.4 Å². The third-order valence-electron chi connectivity index (χ3n) is 3.17. The Morgan fingerprint density at radius 2 is 2.24 bits per heavy atom. The van der Waals surface area contributed by atoms with Crippen molar-refractivity contribution in [1.82, 2.24) is 10.3 Å². The zero-order valence-electron chi connectivity index (χ0n) is 8.85. The molecular formula is C11H11BrFN3O. The van der Waals surface area contributed by atoms with Crippen LogP contribution in [0.4, 0.5) is 4.39 Å². The highest BCUT2D eigenvalue weighted by Crippen LogP contribution is 2.38. The van der Waals surface area contributed by atoms with E-state index < -0.39 is 6.10 Å². The number of nitrogens with zero attached hydrogens (tertiary/aromatic N) is 2. The van der Waals surface area contributed by atoms with Gasteiger partial charge in [-0.25, -0.2) is 4.39 Å². The number of hydrogen-bond acceptors (Lipinski definition) is 4. The Labute approximate surface area is 106 Å². The summed E-state index contributed by atoms with van der Waals surface area (Å²) in [4.78, 5) is 0. The maximum absolute atomic E-state index is 13.7. The second-order valence-corrected chi connectivity index (χ2v) is 4.95. The molecule has 17 heavy (non-hydrogen) atoms. The summed E-state index contributed by atoms with van der Waals surface area (Å²) in [5.41, 5.74) is 0.571. The van der Waals surface area contributed by atoms with Crippen LogP contribution in [0.15, 0.2) is 29.4 Å². The monoisotopic (exact) mass is 299 g/mol. The average molecular weight is 300 g/mol. The summed E-state index contributed by atoms with van der Waals surface area (Å²) < 4.78 is 14.3. The van der Waals surface area contributed by atoms with Crippen molar-refractivity contribution in [3.8, 4) is 0 Å². The van der Waals surface area contributed by atoms with Gasteiger partial charge in [0.2, 0.25) is 0 Å². The lowest BCUT2D eigenvalue weighted by Crippen LogP contribution is -2.39. The number of hydrazone groups is 1. The number of benzene rings is 1. The van der Waals surface area contributed by atoms with E-state index in [1.807, 2.05) is 0 Å². The van der Waals surface area contributed by atoms with E-state index in [0.29, 0.717) is 16.7 Å². The molecule has 1 aromatic rings. The molecule has 90 valence electrons. The molecule has 3 atom stereocenters. The summed E-state index contributed by atoms with van der Waals surface area (Å²) >= 11 is 3.23. The minimum Gasteiger partial charge on any atom is -0.389 e. The summed E-state index contributed by atoms with van der Waals surface area (Å²) in [5, 5.41) is 18.9. The van der Waals surface area contributed by atoms with Gasteiger partial charge in [-0.2, -0.15) is 0 Å². The van der Waals surface area contributed by atoms with Crippen LogP contribution in [-0.2, 0) is 0 Å². The van der Waals surface area contributed by atoms with Crippen molar-refractivity contribution in [2.75, 3.05) is 0 Å². The highest BCUT2D eigenvalue weighted by molar-refractivity contribution is 9.18. The number of rotatable bonds is 1. The summed E-state index contributed by atoms with van der Waals surface area (Å²) in [7, 11) is 0. The van der Waals surface area contributed by atoms with Crippen LogP contribution in [0.25, 0.3) is 0 Å².